The highest BCUT2D eigenvalue weighted by molar-refractivity contribution is 5.42. The van der Waals surface area contributed by atoms with Gasteiger partial charge in [0.2, 0.25) is 0 Å². The lowest BCUT2D eigenvalue weighted by Gasteiger charge is -2.10. The number of hydrogen-bond donors (Lipinski definition) is 1. The topological polar surface area (TPSA) is 54.3 Å². The predicted octanol–water partition coefficient (Wildman–Crippen LogP) is 1.71. The van der Waals surface area contributed by atoms with Crippen LogP contribution >= 0.6 is 0 Å². The van der Waals surface area contributed by atoms with Crippen LogP contribution < -0.4 is 14.8 Å². The third-order valence-electron chi connectivity index (χ3n) is 2.25. The van der Waals surface area contributed by atoms with Gasteiger partial charge in [-0.2, -0.15) is 5.26 Å². The summed E-state index contributed by atoms with van der Waals surface area (Å²) in [5.74, 6) is 1.41. The lowest BCUT2D eigenvalue weighted by Crippen LogP contribution is -2.23. The van der Waals surface area contributed by atoms with Gasteiger partial charge in [-0.1, -0.05) is 6.07 Å². The van der Waals surface area contributed by atoms with Gasteiger partial charge in [0, 0.05) is 6.54 Å². The van der Waals surface area contributed by atoms with Crippen LogP contribution in [0.4, 0.5) is 0 Å². The van der Waals surface area contributed by atoms with Crippen molar-refractivity contribution in [1.29, 1.82) is 5.26 Å². The highest BCUT2D eigenvalue weighted by Crippen LogP contribution is 2.27. The minimum Gasteiger partial charge on any atom is -0.493 e. The Bertz CT molecular complexity index is 385. The first kappa shape index (κ1) is 12.3. The highest BCUT2D eigenvalue weighted by Gasteiger charge is 2.05. The van der Waals surface area contributed by atoms with Crippen molar-refractivity contribution >= 4 is 0 Å². The van der Waals surface area contributed by atoms with Crippen molar-refractivity contribution in [3.05, 3.63) is 23.8 Å². The zero-order valence-corrected chi connectivity index (χ0v) is 9.78. The number of nitrogens with one attached hydrogen (secondary N) is 1. The Morgan fingerprint density at radius 2 is 2.00 bits per heavy atom. The largest absolute Gasteiger partial charge is 0.493 e. The summed E-state index contributed by atoms with van der Waals surface area (Å²) < 4.78 is 10.3. The van der Waals surface area contributed by atoms with Crippen molar-refractivity contribution in [2.24, 2.45) is 0 Å². The Kier molecular flexibility index (Phi) is 4.62. The average Bonchev–Trinajstić information content (AvgIpc) is 2.35. The lowest BCUT2D eigenvalue weighted by atomic mass is 10.2. The van der Waals surface area contributed by atoms with Crippen molar-refractivity contribution in [2.45, 2.75) is 19.5 Å². The maximum atomic E-state index is 8.64. The smallest absolute Gasteiger partial charge is 0.161 e. The van der Waals surface area contributed by atoms with Crippen LogP contribution in [0, 0.1) is 11.3 Å². The second-order valence-electron chi connectivity index (χ2n) is 3.42. The molecule has 0 aromatic heterocycles. The molecule has 1 N–H and O–H groups in total. The van der Waals surface area contributed by atoms with Crippen LogP contribution in [-0.2, 0) is 6.54 Å². The van der Waals surface area contributed by atoms with Gasteiger partial charge >= 0.3 is 0 Å². The van der Waals surface area contributed by atoms with Gasteiger partial charge in [-0.05, 0) is 24.6 Å². The van der Waals surface area contributed by atoms with Crippen LogP contribution in [0.25, 0.3) is 0 Å². The number of ether oxygens (including phenoxy) is 2. The Labute approximate surface area is 95.8 Å². The molecule has 0 aliphatic rings. The minimum atomic E-state index is -0.159. The summed E-state index contributed by atoms with van der Waals surface area (Å²) in [5, 5.41) is 11.7. The Morgan fingerprint density at radius 3 is 2.56 bits per heavy atom. The molecule has 1 aromatic carbocycles. The van der Waals surface area contributed by atoms with E-state index in [0.717, 1.165) is 5.56 Å². The zero-order valence-electron chi connectivity index (χ0n) is 9.78. The van der Waals surface area contributed by atoms with Gasteiger partial charge in [0.1, 0.15) is 0 Å². The molecule has 0 amide bonds. The molecule has 1 atom stereocenters. The molecule has 0 saturated carbocycles. The van der Waals surface area contributed by atoms with Crippen LogP contribution in [0.15, 0.2) is 18.2 Å². The van der Waals surface area contributed by atoms with Crippen molar-refractivity contribution in [3.63, 3.8) is 0 Å². The van der Waals surface area contributed by atoms with Crippen LogP contribution in [0.1, 0.15) is 12.5 Å². The van der Waals surface area contributed by atoms with Crippen molar-refractivity contribution in [2.75, 3.05) is 14.2 Å². The van der Waals surface area contributed by atoms with Crippen molar-refractivity contribution in [1.82, 2.24) is 5.32 Å². The normalized spacial score (nSPS) is 11.6. The fourth-order valence-electron chi connectivity index (χ4n) is 1.31. The summed E-state index contributed by atoms with van der Waals surface area (Å²) in [6, 6.07) is 7.66. The maximum absolute atomic E-state index is 8.64. The molecule has 0 aliphatic carbocycles. The number of benzene rings is 1. The van der Waals surface area contributed by atoms with Gasteiger partial charge in [0.05, 0.1) is 26.3 Å². The third-order valence-corrected chi connectivity index (χ3v) is 2.25. The summed E-state index contributed by atoms with van der Waals surface area (Å²) in [6.45, 7) is 2.45. The molecule has 0 bridgehead atoms. The Hall–Kier alpha value is -1.73. The van der Waals surface area contributed by atoms with E-state index in [1.807, 2.05) is 25.1 Å². The minimum absolute atomic E-state index is 0.159. The molecule has 1 rings (SSSR count). The molecule has 1 aromatic rings. The van der Waals surface area contributed by atoms with Gasteiger partial charge in [0.25, 0.3) is 0 Å². The average molecular weight is 220 g/mol. The monoisotopic (exact) mass is 220 g/mol. The first-order valence-electron chi connectivity index (χ1n) is 5.05. The molecule has 0 spiro atoms. The summed E-state index contributed by atoms with van der Waals surface area (Å²) in [4.78, 5) is 0. The predicted molar refractivity (Wildman–Crippen MR) is 61.5 cm³/mol. The lowest BCUT2D eigenvalue weighted by molar-refractivity contribution is 0.354. The molecule has 0 fully saturated rings. The van der Waals surface area contributed by atoms with E-state index in [0.29, 0.717) is 18.0 Å². The number of hydrogen-bond acceptors (Lipinski definition) is 4. The van der Waals surface area contributed by atoms with E-state index in [1.54, 1.807) is 14.2 Å². The maximum Gasteiger partial charge on any atom is 0.161 e. The van der Waals surface area contributed by atoms with Crippen LogP contribution in [0.3, 0.4) is 0 Å². The van der Waals surface area contributed by atoms with Gasteiger partial charge in [-0.15, -0.1) is 0 Å². The van der Waals surface area contributed by atoms with E-state index in [9.17, 15) is 0 Å². The second-order valence-corrected chi connectivity index (χ2v) is 3.42. The molecule has 4 heteroatoms. The Morgan fingerprint density at radius 1 is 1.31 bits per heavy atom. The molecular weight excluding hydrogens is 204 g/mol. The van der Waals surface area contributed by atoms with E-state index in [4.69, 9.17) is 14.7 Å². The summed E-state index contributed by atoms with van der Waals surface area (Å²) in [5.41, 5.74) is 1.06. The quantitative estimate of drug-likeness (QED) is 0.820. The van der Waals surface area contributed by atoms with E-state index in [1.165, 1.54) is 0 Å². The highest BCUT2D eigenvalue weighted by atomic mass is 16.5. The summed E-state index contributed by atoms with van der Waals surface area (Å²) in [7, 11) is 3.21. The Balaban J connectivity index is 2.72. The number of nitrogens with zero attached hydrogens (tertiary/aromatic N) is 1. The van der Waals surface area contributed by atoms with E-state index in [-0.39, 0.29) is 6.04 Å². The second kappa shape index (κ2) is 5.99. The summed E-state index contributed by atoms with van der Waals surface area (Å²) >= 11 is 0. The molecular formula is C12H16N2O2. The standard InChI is InChI=1S/C12H16N2O2/c1-9(7-13)14-8-10-4-5-11(15-2)12(6-10)16-3/h4-6,9,14H,8H2,1-3H3. The third kappa shape index (κ3) is 3.14. The molecule has 0 aliphatic heterocycles. The number of nitriles is 1. The number of rotatable bonds is 5. The fourth-order valence-corrected chi connectivity index (χ4v) is 1.31. The molecule has 16 heavy (non-hydrogen) atoms. The zero-order chi connectivity index (χ0) is 12.0. The van der Waals surface area contributed by atoms with Crippen molar-refractivity contribution in [3.8, 4) is 17.6 Å². The molecule has 0 saturated heterocycles. The van der Waals surface area contributed by atoms with E-state index < -0.39 is 0 Å². The molecule has 0 radical (unpaired) electrons. The first-order chi connectivity index (χ1) is 7.71. The van der Waals surface area contributed by atoms with E-state index in [2.05, 4.69) is 11.4 Å². The van der Waals surface area contributed by atoms with Crippen LogP contribution in [0.5, 0.6) is 11.5 Å². The van der Waals surface area contributed by atoms with Crippen LogP contribution in [0.2, 0.25) is 0 Å². The van der Waals surface area contributed by atoms with Crippen LogP contribution in [-0.4, -0.2) is 20.3 Å². The van der Waals surface area contributed by atoms with Gasteiger partial charge in [0.15, 0.2) is 11.5 Å². The van der Waals surface area contributed by atoms with Gasteiger partial charge in [-0.25, -0.2) is 0 Å². The van der Waals surface area contributed by atoms with Crippen molar-refractivity contribution < 1.29 is 9.47 Å². The molecule has 86 valence electrons. The molecule has 4 nitrogen and oxygen atoms in total. The van der Waals surface area contributed by atoms with E-state index >= 15 is 0 Å². The molecule has 1 unspecified atom stereocenters. The molecule has 0 heterocycles. The van der Waals surface area contributed by atoms with Gasteiger partial charge < -0.3 is 9.47 Å². The summed E-state index contributed by atoms with van der Waals surface area (Å²) in [6.07, 6.45) is 0. The fraction of sp³-hybridized carbons (Fsp3) is 0.417. The SMILES string of the molecule is COc1ccc(CNC(C)C#N)cc1OC. The first-order valence-corrected chi connectivity index (χ1v) is 5.05. The van der Waals surface area contributed by atoms with Gasteiger partial charge in [-0.3, -0.25) is 5.32 Å². The number of methoxy groups -OCH3 is 2.